The fraction of sp³-hybridized carbons (Fsp3) is 0.833. The molecule has 0 spiro atoms. The number of esters is 1. The zero-order chi connectivity index (χ0) is 8.15. The van der Waals surface area contributed by atoms with Crippen molar-refractivity contribution < 1.29 is 14.6 Å². The van der Waals surface area contributed by atoms with Crippen LogP contribution in [-0.4, -0.2) is 22.6 Å². The van der Waals surface area contributed by atoms with Gasteiger partial charge in [-0.25, -0.2) is 0 Å². The summed E-state index contributed by atoms with van der Waals surface area (Å²) in [7, 11) is 0. The highest BCUT2D eigenvalue weighted by atomic mass is 32.1. The lowest BCUT2D eigenvalue weighted by Gasteiger charge is -2.10. The van der Waals surface area contributed by atoms with Crippen molar-refractivity contribution in [3.63, 3.8) is 0 Å². The van der Waals surface area contributed by atoms with Crippen LogP contribution < -0.4 is 0 Å². The highest BCUT2D eigenvalue weighted by Crippen LogP contribution is 2.00. The summed E-state index contributed by atoms with van der Waals surface area (Å²) < 4.78 is 4.50. The van der Waals surface area contributed by atoms with Crippen molar-refractivity contribution >= 4 is 18.6 Å². The number of carbonyl (C=O) groups excluding carboxylic acids is 1. The second-order valence-corrected chi connectivity index (χ2v) is 2.75. The highest BCUT2D eigenvalue weighted by Gasteiger charge is 2.12. The van der Waals surface area contributed by atoms with E-state index in [0.717, 1.165) is 0 Å². The molecule has 0 aromatic carbocycles. The minimum atomic E-state index is -0.984. The lowest BCUT2D eigenvalue weighted by Crippen LogP contribution is -2.22. The molecule has 60 valence electrons. The zero-order valence-corrected chi connectivity index (χ0v) is 6.97. The van der Waals surface area contributed by atoms with Crippen molar-refractivity contribution in [1.82, 2.24) is 0 Å². The molecule has 0 aliphatic rings. The van der Waals surface area contributed by atoms with Crippen molar-refractivity contribution in [3.8, 4) is 0 Å². The first-order chi connectivity index (χ1) is 4.57. The molecule has 0 aromatic heterocycles. The van der Waals surface area contributed by atoms with Crippen LogP contribution in [0.25, 0.3) is 0 Å². The van der Waals surface area contributed by atoms with E-state index in [1.165, 1.54) is 0 Å². The van der Waals surface area contributed by atoms with Gasteiger partial charge in [-0.1, -0.05) is 6.92 Å². The summed E-state index contributed by atoms with van der Waals surface area (Å²) >= 11 is 3.82. The Bertz CT molecular complexity index is 114. The van der Waals surface area contributed by atoms with Gasteiger partial charge >= 0.3 is 5.97 Å². The number of thiol groups is 1. The van der Waals surface area contributed by atoms with Gasteiger partial charge in [-0.2, -0.15) is 12.6 Å². The van der Waals surface area contributed by atoms with E-state index >= 15 is 0 Å². The summed E-state index contributed by atoms with van der Waals surface area (Å²) in [5.74, 6) is -0.488. The SMILES string of the molecule is CCC(O)OC(=O)C(C)S. The van der Waals surface area contributed by atoms with Gasteiger partial charge in [0.15, 0.2) is 6.29 Å². The zero-order valence-electron chi connectivity index (χ0n) is 6.07. The second kappa shape index (κ2) is 4.57. The molecule has 2 atom stereocenters. The average molecular weight is 164 g/mol. The summed E-state index contributed by atoms with van der Waals surface area (Å²) in [5, 5.41) is 8.33. The summed E-state index contributed by atoms with van der Waals surface area (Å²) in [4.78, 5) is 10.7. The van der Waals surface area contributed by atoms with E-state index in [0.29, 0.717) is 6.42 Å². The van der Waals surface area contributed by atoms with Gasteiger partial charge in [0.1, 0.15) is 0 Å². The van der Waals surface area contributed by atoms with Gasteiger partial charge in [0.05, 0.1) is 5.25 Å². The molecule has 1 N–H and O–H groups in total. The normalized spacial score (nSPS) is 16.0. The van der Waals surface area contributed by atoms with Crippen molar-refractivity contribution in [3.05, 3.63) is 0 Å². The molecule has 0 saturated heterocycles. The molecule has 0 heterocycles. The smallest absolute Gasteiger partial charge is 0.320 e. The Labute approximate surface area is 65.8 Å². The van der Waals surface area contributed by atoms with Crippen molar-refractivity contribution in [2.45, 2.75) is 31.8 Å². The average Bonchev–Trinajstić information content (AvgIpc) is 1.87. The van der Waals surface area contributed by atoms with Crippen molar-refractivity contribution in [1.29, 1.82) is 0 Å². The molecule has 0 aliphatic heterocycles. The first-order valence-electron chi connectivity index (χ1n) is 3.14. The predicted molar refractivity (Wildman–Crippen MR) is 40.8 cm³/mol. The van der Waals surface area contributed by atoms with Crippen LogP contribution in [0.3, 0.4) is 0 Å². The number of aliphatic hydroxyl groups excluding tert-OH is 1. The van der Waals surface area contributed by atoms with Crippen LogP contribution in [0, 0.1) is 0 Å². The third kappa shape index (κ3) is 3.74. The van der Waals surface area contributed by atoms with E-state index in [1.54, 1.807) is 13.8 Å². The molecule has 10 heavy (non-hydrogen) atoms. The molecule has 4 heteroatoms. The molecule has 0 saturated carbocycles. The quantitative estimate of drug-likeness (QED) is 0.364. The number of hydrogen-bond acceptors (Lipinski definition) is 4. The maximum Gasteiger partial charge on any atom is 0.320 e. The highest BCUT2D eigenvalue weighted by molar-refractivity contribution is 7.81. The molecule has 0 bridgehead atoms. The predicted octanol–water partition coefficient (Wildman–Crippen LogP) is 0.576. The first kappa shape index (κ1) is 9.78. The minimum Gasteiger partial charge on any atom is -0.435 e. The monoisotopic (exact) mass is 164 g/mol. The Kier molecular flexibility index (Phi) is 4.47. The fourth-order valence-corrected chi connectivity index (χ4v) is 0.377. The maximum absolute atomic E-state index is 10.7. The minimum absolute atomic E-state index is 0.409. The number of carbonyl (C=O) groups is 1. The maximum atomic E-state index is 10.7. The van der Waals surface area contributed by atoms with Crippen LogP contribution >= 0.6 is 12.6 Å². The van der Waals surface area contributed by atoms with Gasteiger partial charge < -0.3 is 9.84 Å². The molecule has 0 aliphatic carbocycles. The largest absolute Gasteiger partial charge is 0.435 e. The van der Waals surface area contributed by atoms with Gasteiger partial charge in [-0.3, -0.25) is 4.79 Å². The third-order valence-corrected chi connectivity index (χ3v) is 1.15. The molecule has 0 amide bonds. The summed E-state index contributed by atoms with van der Waals surface area (Å²) in [6, 6.07) is 0. The molecule has 0 fully saturated rings. The van der Waals surface area contributed by atoms with E-state index in [9.17, 15) is 4.79 Å². The molecular weight excluding hydrogens is 152 g/mol. The molecule has 3 nitrogen and oxygen atoms in total. The standard InChI is InChI=1S/C6H12O3S/c1-3-5(7)9-6(8)4(2)10/h4-5,7,10H,3H2,1-2H3. The van der Waals surface area contributed by atoms with Crippen LogP contribution in [0.1, 0.15) is 20.3 Å². The first-order valence-corrected chi connectivity index (χ1v) is 3.66. The number of rotatable bonds is 3. The van der Waals surface area contributed by atoms with Crippen LogP contribution in [0.4, 0.5) is 0 Å². The Morgan fingerprint density at radius 2 is 2.30 bits per heavy atom. The van der Waals surface area contributed by atoms with E-state index in [2.05, 4.69) is 17.4 Å². The van der Waals surface area contributed by atoms with Gasteiger partial charge in [0.25, 0.3) is 0 Å². The Hall–Kier alpha value is -0.220. The molecule has 0 rings (SSSR count). The summed E-state index contributed by atoms with van der Waals surface area (Å²) in [6.45, 7) is 3.31. The molecule has 0 radical (unpaired) electrons. The van der Waals surface area contributed by atoms with Crippen LogP contribution in [0.15, 0.2) is 0 Å². The Morgan fingerprint density at radius 1 is 1.80 bits per heavy atom. The number of aliphatic hydroxyl groups is 1. The Morgan fingerprint density at radius 3 is 2.60 bits per heavy atom. The van der Waals surface area contributed by atoms with E-state index in [4.69, 9.17) is 5.11 Å². The van der Waals surface area contributed by atoms with E-state index < -0.39 is 17.5 Å². The molecule has 2 unspecified atom stereocenters. The van der Waals surface area contributed by atoms with E-state index in [1.807, 2.05) is 0 Å². The van der Waals surface area contributed by atoms with Gasteiger partial charge in [0.2, 0.25) is 0 Å². The van der Waals surface area contributed by atoms with Gasteiger partial charge in [-0.15, -0.1) is 0 Å². The lowest BCUT2D eigenvalue weighted by atomic mass is 10.4. The van der Waals surface area contributed by atoms with Crippen LogP contribution in [0.2, 0.25) is 0 Å². The summed E-state index contributed by atoms with van der Waals surface area (Å²) in [6.07, 6.45) is -0.575. The lowest BCUT2D eigenvalue weighted by molar-refractivity contribution is -0.166. The van der Waals surface area contributed by atoms with E-state index in [-0.39, 0.29) is 0 Å². The third-order valence-electron chi connectivity index (χ3n) is 0.943. The summed E-state index contributed by atoms with van der Waals surface area (Å²) in [5.41, 5.74) is 0. The number of ether oxygens (including phenoxy) is 1. The van der Waals surface area contributed by atoms with Crippen LogP contribution in [-0.2, 0) is 9.53 Å². The fourth-order valence-electron chi connectivity index (χ4n) is 0.316. The van der Waals surface area contributed by atoms with Crippen LogP contribution in [0.5, 0.6) is 0 Å². The second-order valence-electron chi connectivity index (χ2n) is 1.98. The molecule has 0 aromatic rings. The molecular formula is C6H12O3S. The number of hydrogen-bond donors (Lipinski definition) is 2. The van der Waals surface area contributed by atoms with Gasteiger partial charge in [-0.05, 0) is 6.92 Å². The van der Waals surface area contributed by atoms with Gasteiger partial charge in [0, 0.05) is 6.42 Å². The van der Waals surface area contributed by atoms with Crippen molar-refractivity contribution in [2.75, 3.05) is 0 Å². The topological polar surface area (TPSA) is 46.5 Å². The Balaban J connectivity index is 3.57. The van der Waals surface area contributed by atoms with Crippen molar-refractivity contribution in [2.24, 2.45) is 0 Å².